The van der Waals surface area contributed by atoms with Gasteiger partial charge in [0.15, 0.2) is 0 Å². The molecule has 138 valence electrons. The van der Waals surface area contributed by atoms with Crippen LogP contribution in [0.4, 0.5) is 10.5 Å². The summed E-state index contributed by atoms with van der Waals surface area (Å²) < 4.78 is 0. The van der Waals surface area contributed by atoms with Gasteiger partial charge in [-0.25, -0.2) is 4.79 Å². The third-order valence-electron chi connectivity index (χ3n) is 3.94. The van der Waals surface area contributed by atoms with Gasteiger partial charge in [-0.3, -0.25) is 4.79 Å². The number of halogens is 1. The van der Waals surface area contributed by atoms with Crippen LogP contribution in [0.2, 0.25) is 5.02 Å². The van der Waals surface area contributed by atoms with Crippen molar-refractivity contribution >= 4 is 29.2 Å². The van der Waals surface area contributed by atoms with Gasteiger partial charge in [-0.2, -0.15) is 0 Å². The number of urea groups is 1. The van der Waals surface area contributed by atoms with Crippen LogP contribution in [0.5, 0.6) is 0 Å². The maximum absolute atomic E-state index is 12.8. The SMILES string of the molecule is CC(C)C(NC(=O)Nc1ccccc1)C(=O)N(C)Cc1cccc(Cl)c1. The van der Waals surface area contributed by atoms with Crippen LogP contribution in [0.25, 0.3) is 0 Å². The molecular weight excluding hydrogens is 350 g/mol. The van der Waals surface area contributed by atoms with Gasteiger partial charge in [0.2, 0.25) is 5.91 Å². The van der Waals surface area contributed by atoms with E-state index in [0.717, 1.165) is 5.56 Å². The van der Waals surface area contributed by atoms with Crippen LogP contribution in [0.1, 0.15) is 19.4 Å². The summed E-state index contributed by atoms with van der Waals surface area (Å²) in [7, 11) is 1.72. The highest BCUT2D eigenvalue weighted by Crippen LogP contribution is 2.14. The topological polar surface area (TPSA) is 61.4 Å². The van der Waals surface area contributed by atoms with Gasteiger partial charge in [0, 0.05) is 24.3 Å². The molecule has 26 heavy (non-hydrogen) atoms. The molecule has 1 unspecified atom stereocenters. The largest absolute Gasteiger partial charge is 0.340 e. The number of para-hydroxylation sites is 1. The number of benzene rings is 2. The van der Waals surface area contributed by atoms with Crippen LogP contribution >= 0.6 is 11.6 Å². The lowest BCUT2D eigenvalue weighted by molar-refractivity contribution is -0.133. The lowest BCUT2D eigenvalue weighted by Crippen LogP contribution is -2.51. The Kier molecular flexibility index (Phi) is 7.04. The van der Waals surface area contributed by atoms with Crippen molar-refractivity contribution in [3.63, 3.8) is 0 Å². The molecule has 0 bridgehead atoms. The van der Waals surface area contributed by atoms with Crippen molar-refractivity contribution in [2.45, 2.75) is 26.4 Å². The van der Waals surface area contributed by atoms with Crippen LogP contribution in [0.3, 0.4) is 0 Å². The van der Waals surface area contributed by atoms with E-state index in [1.54, 1.807) is 30.1 Å². The fourth-order valence-electron chi connectivity index (χ4n) is 2.57. The van der Waals surface area contributed by atoms with Gasteiger partial charge in [-0.05, 0) is 35.7 Å². The first kappa shape index (κ1) is 19.8. The quantitative estimate of drug-likeness (QED) is 0.799. The molecular formula is C20H24ClN3O2. The molecule has 3 amide bonds. The summed E-state index contributed by atoms with van der Waals surface area (Å²) in [6, 6.07) is 15.5. The summed E-state index contributed by atoms with van der Waals surface area (Å²) in [5.41, 5.74) is 1.61. The fourth-order valence-corrected chi connectivity index (χ4v) is 2.78. The van der Waals surface area contributed by atoms with Gasteiger partial charge in [0.25, 0.3) is 0 Å². The highest BCUT2D eigenvalue weighted by molar-refractivity contribution is 6.30. The number of anilines is 1. The zero-order chi connectivity index (χ0) is 19.1. The van der Waals surface area contributed by atoms with Gasteiger partial charge >= 0.3 is 6.03 Å². The summed E-state index contributed by atoms with van der Waals surface area (Å²) in [5.74, 6) is -0.200. The molecule has 2 N–H and O–H groups in total. The molecule has 0 heterocycles. The molecule has 2 aromatic rings. The lowest BCUT2D eigenvalue weighted by atomic mass is 10.0. The Morgan fingerprint density at radius 3 is 2.38 bits per heavy atom. The molecule has 2 rings (SSSR count). The number of rotatable bonds is 6. The number of nitrogens with one attached hydrogen (secondary N) is 2. The molecule has 0 radical (unpaired) electrons. The van der Waals surface area contributed by atoms with E-state index >= 15 is 0 Å². The van der Waals surface area contributed by atoms with Crippen molar-refractivity contribution in [3.05, 3.63) is 65.2 Å². The average Bonchev–Trinajstić information content (AvgIpc) is 2.59. The Labute approximate surface area is 159 Å². The highest BCUT2D eigenvalue weighted by atomic mass is 35.5. The van der Waals surface area contributed by atoms with Gasteiger partial charge in [-0.1, -0.05) is 55.8 Å². The zero-order valence-corrected chi connectivity index (χ0v) is 16.0. The van der Waals surface area contributed by atoms with E-state index < -0.39 is 12.1 Å². The van der Waals surface area contributed by atoms with Crippen molar-refractivity contribution < 1.29 is 9.59 Å². The summed E-state index contributed by atoms with van der Waals surface area (Å²) in [6.45, 7) is 4.22. The maximum atomic E-state index is 12.8. The van der Waals surface area contributed by atoms with E-state index in [2.05, 4.69) is 10.6 Å². The molecule has 1 atom stereocenters. The normalized spacial score (nSPS) is 11.7. The van der Waals surface area contributed by atoms with E-state index in [1.807, 2.05) is 50.2 Å². The molecule has 5 nitrogen and oxygen atoms in total. The van der Waals surface area contributed by atoms with Crippen molar-refractivity contribution in [1.82, 2.24) is 10.2 Å². The first-order valence-corrected chi connectivity index (χ1v) is 8.86. The van der Waals surface area contributed by atoms with E-state index in [-0.39, 0.29) is 11.8 Å². The third-order valence-corrected chi connectivity index (χ3v) is 4.17. The predicted molar refractivity (Wildman–Crippen MR) is 105 cm³/mol. The summed E-state index contributed by atoms with van der Waals surface area (Å²) in [6.07, 6.45) is 0. The predicted octanol–water partition coefficient (Wildman–Crippen LogP) is 4.14. The Hall–Kier alpha value is -2.53. The number of carbonyl (C=O) groups is 2. The number of likely N-dealkylation sites (N-methyl/N-ethyl adjacent to an activating group) is 1. The second-order valence-electron chi connectivity index (χ2n) is 6.51. The van der Waals surface area contributed by atoms with Crippen LogP contribution < -0.4 is 10.6 Å². The van der Waals surface area contributed by atoms with Crippen molar-refractivity contribution in [2.75, 3.05) is 12.4 Å². The molecule has 0 spiro atoms. The Balaban J connectivity index is 2.00. The zero-order valence-electron chi connectivity index (χ0n) is 15.2. The van der Waals surface area contributed by atoms with E-state index in [0.29, 0.717) is 17.3 Å². The number of hydrogen-bond acceptors (Lipinski definition) is 2. The molecule has 0 saturated heterocycles. The van der Waals surface area contributed by atoms with Gasteiger partial charge in [0.1, 0.15) is 6.04 Å². The number of carbonyl (C=O) groups excluding carboxylic acids is 2. The molecule has 0 aliphatic carbocycles. The smallest absolute Gasteiger partial charge is 0.319 e. The summed E-state index contributed by atoms with van der Waals surface area (Å²) in [5, 5.41) is 6.14. The second-order valence-corrected chi connectivity index (χ2v) is 6.95. The Morgan fingerprint density at radius 1 is 1.08 bits per heavy atom. The molecule has 0 aromatic heterocycles. The number of hydrogen-bond donors (Lipinski definition) is 2. The van der Waals surface area contributed by atoms with E-state index in [9.17, 15) is 9.59 Å². The summed E-state index contributed by atoms with van der Waals surface area (Å²) >= 11 is 6.00. The minimum Gasteiger partial charge on any atom is -0.340 e. The molecule has 0 aliphatic heterocycles. The van der Waals surface area contributed by atoms with Crippen molar-refractivity contribution in [3.8, 4) is 0 Å². The van der Waals surface area contributed by atoms with Gasteiger partial charge < -0.3 is 15.5 Å². The average molecular weight is 374 g/mol. The van der Waals surface area contributed by atoms with E-state index in [4.69, 9.17) is 11.6 Å². The molecule has 0 fully saturated rings. The Morgan fingerprint density at radius 2 is 1.77 bits per heavy atom. The fraction of sp³-hybridized carbons (Fsp3) is 0.300. The molecule has 2 aromatic carbocycles. The Bertz CT molecular complexity index is 750. The van der Waals surface area contributed by atoms with Crippen LogP contribution in [0, 0.1) is 5.92 Å². The van der Waals surface area contributed by atoms with Gasteiger partial charge in [0.05, 0.1) is 0 Å². The monoisotopic (exact) mass is 373 g/mol. The molecule has 0 saturated carbocycles. The molecule has 0 aliphatic rings. The minimum atomic E-state index is -0.622. The highest BCUT2D eigenvalue weighted by Gasteiger charge is 2.27. The maximum Gasteiger partial charge on any atom is 0.319 e. The van der Waals surface area contributed by atoms with Crippen LogP contribution in [-0.4, -0.2) is 29.9 Å². The molecule has 6 heteroatoms. The van der Waals surface area contributed by atoms with Gasteiger partial charge in [-0.15, -0.1) is 0 Å². The first-order chi connectivity index (χ1) is 12.4. The third kappa shape index (κ3) is 5.77. The number of amides is 3. The summed E-state index contributed by atoms with van der Waals surface area (Å²) in [4.78, 5) is 26.7. The van der Waals surface area contributed by atoms with E-state index in [1.165, 1.54) is 0 Å². The van der Waals surface area contributed by atoms with Crippen LogP contribution in [-0.2, 0) is 11.3 Å². The number of nitrogens with zero attached hydrogens (tertiary/aromatic N) is 1. The second kappa shape index (κ2) is 9.25. The lowest BCUT2D eigenvalue weighted by Gasteiger charge is -2.27. The minimum absolute atomic E-state index is 0.0502. The van der Waals surface area contributed by atoms with Crippen molar-refractivity contribution in [2.24, 2.45) is 5.92 Å². The standard InChI is InChI=1S/C20H24ClN3O2/c1-14(2)18(23-20(26)22-17-10-5-4-6-11-17)19(25)24(3)13-15-8-7-9-16(21)12-15/h4-12,14,18H,13H2,1-3H3,(H2,22,23,26). The van der Waals surface area contributed by atoms with Crippen LogP contribution in [0.15, 0.2) is 54.6 Å². The van der Waals surface area contributed by atoms with Crippen molar-refractivity contribution in [1.29, 1.82) is 0 Å². The first-order valence-electron chi connectivity index (χ1n) is 8.49.